The van der Waals surface area contributed by atoms with Gasteiger partial charge >= 0.3 is 0 Å². The van der Waals surface area contributed by atoms with Crippen LogP contribution >= 0.6 is 0 Å². The van der Waals surface area contributed by atoms with E-state index >= 15 is 0 Å². The number of phenolic OH excluding ortho intramolecular Hbond substituents is 1. The van der Waals surface area contributed by atoms with Crippen molar-refractivity contribution in [2.24, 2.45) is 0 Å². The summed E-state index contributed by atoms with van der Waals surface area (Å²) < 4.78 is 0. The normalized spacial score (nSPS) is 15.3. The zero-order chi connectivity index (χ0) is 17.1. The van der Waals surface area contributed by atoms with E-state index in [1.807, 2.05) is 19.1 Å². The van der Waals surface area contributed by atoms with E-state index in [0.717, 1.165) is 49.7 Å². The van der Waals surface area contributed by atoms with Gasteiger partial charge < -0.3 is 10.0 Å². The quantitative estimate of drug-likeness (QED) is 0.941. The van der Waals surface area contributed by atoms with E-state index in [9.17, 15) is 10.4 Å². The number of aryl methyl sites for hydroxylation is 2. The van der Waals surface area contributed by atoms with E-state index in [1.165, 1.54) is 5.56 Å². The first-order chi connectivity index (χ1) is 11.6. The third-order valence-electron chi connectivity index (χ3n) is 4.67. The lowest BCUT2D eigenvalue weighted by atomic mass is 10.0. The molecule has 1 aromatic heterocycles. The second-order valence-electron chi connectivity index (χ2n) is 6.31. The van der Waals surface area contributed by atoms with Gasteiger partial charge in [-0.1, -0.05) is 6.07 Å². The van der Waals surface area contributed by atoms with Crippen molar-refractivity contribution < 1.29 is 5.11 Å². The van der Waals surface area contributed by atoms with E-state index in [1.54, 1.807) is 12.3 Å². The maximum atomic E-state index is 10.2. The monoisotopic (exact) mass is 322 g/mol. The van der Waals surface area contributed by atoms with Crippen LogP contribution in [-0.4, -0.2) is 41.2 Å². The van der Waals surface area contributed by atoms with E-state index < -0.39 is 0 Å². The summed E-state index contributed by atoms with van der Waals surface area (Å²) in [4.78, 5) is 8.85. The Morgan fingerprint density at radius 1 is 1.17 bits per heavy atom. The largest absolute Gasteiger partial charge is 0.508 e. The fourth-order valence-electron chi connectivity index (χ4n) is 3.08. The van der Waals surface area contributed by atoms with Gasteiger partial charge in [-0.25, -0.2) is 4.98 Å². The van der Waals surface area contributed by atoms with Crippen molar-refractivity contribution in [1.82, 2.24) is 9.88 Å². The van der Waals surface area contributed by atoms with E-state index in [2.05, 4.69) is 33.8 Å². The van der Waals surface area contributed by atoms with E-state index in [0.29, 0.717) is 11.3 Å². The van der Waals surface area contributed by atoms with Gasteiger partial charge in [0, 0.05) is 44.5 Å². The highest BCUT2D eigenvalue weighted by Gasteiger charge is 2.21. The van der Waals surface area contributed by atoms with Crippen LogP contribution in [0.15, 0.2) is 30.5 Å². The number of hydrogen-bond donors (Lipinski definition) is 1. The summed E-state index contributed by atoms with van der Waals surface area (Å²) in [6, 6.07) is 9.73. The molecule has 1 fully saturated rings. The Morgan fingerprint density at radius 2 is 1.88 bits per heavy atom. The number of anilines is 1. The zero-order valence-electron chi connectivity index (χ0n) is 14.2. The molecule has 1 saturated heterocycles. The van der Waals surface area contributed by atoms with E-state index in [-0.39, 0.29) is 0 Å². The lowest BCUT2D eigenvalue weighted by Crippen LogP contribution is -2.46. The van der Waals surface area contributed by atoms with Crippen molar-refractivity contribution in [2.75, 3.05) is 31.1 Å². The molecule has 0 unspecified atom stereocenters. The fourth-order valence-corrected chi connectivity index (χ4v) is 3.08. The Morgan fingerprint density at radius 3 is 2.58 bits per heavy atom. The lowest BCUT2D eigenvalue weighted by Gasteiger charge is -2.35. The molecule has 1 N–H and O–H groups in total. The number of nitriles is 1. The average Bonchev–Trinajstić information content (AvgIpc) is 2.60. The molecule has 1 aromatic carbocycles. The minimum absolute atomic E-state index is 0.372. The van der Waals surface area contributed by atoms with Crippen LogP contribution in [0.2, 0.25) is 0 Å². The molecule has 124 valence electrons. The van der Waals surface area contributed by atoms with Crippen molar-refractivity contribution in [3.63, 3.8) is 0 Å². The van der Waals surface area contributed by atoms with Gasteiger partial charge in [0.1, 0.15) is 17.6 Å². The molecule has 1 aliphatic heterocycles. The smallest absolute Gasteiger partial charge is 0.146 e. The Labute approximate surface area is 142 Å². The van der Waals surface area contributed by atoms with Crippen LogP contribution in [0.5, 0.6) is 5.75 Å². The topological polar surface area (TPSA) is 63.4 Å². The maximum absolute atomic E-state index is 10.2. The van der Waals surface area contributed by atoms with Crippen LogP contribution in [0.3, 0.4) is 0 Å². The molecule has 3 rings (SSSR count). The van der Waals surface area contributed by atoms with Crippen molar-refractivity contribution in [3.8, 4) is 11.8 Å². The lowest BCUT2D eigenvalue weighted by molar-refractivity contribution is 0.246. The van der Waals surface area contributed by atoms with E-state index in [4.69, 9.17) is 0 Å². The Hall–Kier alpha value is -2.58. The molecule has 0 spiro atoms. The molecule has 0 radical (unpaired) electrons. The summed E-state index contributed by atoms with van der Waals surface area (Å²) in [6.07, 6.45) is 1.73. The standard InChI is InChI=1S/C19H22N4O/c1-14-10-17(18(24)11-15(14)2)13-22-6-8-23(9-7-22)19-16(12-20)4-3-5-21-19/h3-5,10-11,24H,6-9,13H2,1-2H3. The Kier molecular flexibility index (Phi) is 4.68. The first kappa shape index (κ1) is 16.3. The van der Waals surface area contributed by atoms with Crippen LogP contribution in [0.25, 0.3) is 0 Å². The highest BCUT2D eigenvalue weighted by atomic mass is 16.3. The summed E-state index contributed by atoms with van der Waals surface area (Å²) in [5, 5.41) is 19.4. The summed E-state index contributed by atoms with van der Waals surface area (Å²) in [6.45, 7) is 8.25. The summed E-state index contributed by atoms with van der Waals surface area (Å²) >= 11 is 0. The molecule has 5 nitrogen and oxygen atoms in total. The first-order valence-electron chi connectivity index (χ1n) is 8.20. The van der Waals surface area contributed by atoms with Crippen LogP contribution < -0.4 is 4.90 Å². The Bertz CT molecular complexity index is 773. The minimum atomic E-state index is 0.372. The molecule has 5 heteroatoms. The van der Waals surface area contributed by atoms with Gasteiger partial charge in [0.15, 0.2) is 0 Å². The van der Waals surface area contributed by atoms with Gasteiger partial charge in [-0.15, -0.1) is 0 Å². The van der Waals surface area contributed by atoms with Gasteiger partial charge in [-0.05, 0) is 43.2 Å². The van der Waals surface area contributed by atoms with Gasteiger partial charge in [-0.3, -0.25) is 4.90 Å². The number of piperazine rings is 1. The molecule has 0 saturated carbocycles. The molecule has 0 atom stereocenters. The van der Waals surface area contributed by atoms with Crippen LogP contribution in [0.4, 0.5) is 5.82 Å². The second-order valence-corrected chi connectivity index (χ2v) is 6.31. The van der Waals surface area contributed by atoms with Gasteiger partial charge in [0.2, 0.25) is 0 Å². The number of hydrogen-bond acceptors (Lipinski definition) is 5. The second kappa shape index (κ2) is 6.90. The third-order valence-corrected chi connectivity index (χ3v) is 4.67. The number of rotatable bonds is 3. The maximum Gasteiger partial charge on any atom is 0.146 e. The molecule has 2 aromatic rings. The highest BCUT2D eigenvalue weighted by molar-refractivity contribution is 5.53. The first-order valence-corrected chi connectivity index (χ1v) is 8.20. The van der Waals surface area contributed by atoms with Gasteiger partial charge in [0.25, 0.3) is 0 Å². The van der Waals surface area contributed by atoms with Crippen LogP contribution in [0.1, 0.15) is 22.3 Å². The van der Waals surface area contributed by atoms with Crippen molar-refractivity contribution in [3.05, 3.63) is 52.7 Å². The summed E-state index contributed by atoms with van der Waals surface area (Å²) in [7, 11) is 0. The van der Waals surface area contributed by atoms with Gasteiger partial charge in [-0.2, -0.15) is 5.26 Å². The highest BCUT2D eigenvalue weighted by Crippen LogP contribution is 2.24. The van der Waals surface area contributed by atoms with Crippen LogP contribution in [-0.2, 0) is 6.54 Å². The third kappa shape index (κ3) is 3.34. The van der Waals surface area contributed by atoms with Crippen molar-refractivity contribution in [2.45, 2.75) is 20.4 Å². The number of aromatic hydroxyl groups is 1. The summed E-state index contributed by atoms with van der Waals surface area (Å²) in [5.41, 5.74) is 3.91. The number of aromatic nitrogens is 1. The fraction of sp³-hybridized carbons (Fsp3) is 0.368. The predicted molar refractivity (Wildman–Crippen MR) is 94.0 cm³/mol. The molecule has 0 bridgehead atoms. The minimum Gasteiger partial charge on any atom is -0.508 e. The molecule has 2 heterocycles. The molecule has 24 heavy (non-hydrogen) atoms. The molecule has 1 aliphatic rings. The average molecular weight is 322 g/mol. The number of nitrogens with zero attached hydrogens (tertiary/aromatic N) is 4. The van der Waals surface area contributed by atoms with Crippen LogP contribution in [0, 0.1) is 25.2 Å². The van der Waals surface area contributed by atoms with Gasteiger partial charge in [0.05, 0.1) is 5.56 Å². The molecular formula is C19H22N4O. The van der Waals surface area contributed by atoms with Crippen molar-refractivity contribution in [1.29, 1.82) is 5.26 Å². The zero-order valence-corrected chi connectivity index (χ0v) is 14.2. The van der Waals surface area contributed by atoms with Crippen molar-refractivity contribution >= 4 is 5.82 Å². The predicted octanol–water partition coefficient (Wildman–Crippen LogP) is 2.60. The SMILES string of the molecule is Cc1cc(O)c(CN2CCN(c3ncccc3C#N)CC2)cc1C. The Balaban J connectivity index is 1.66. The molecule has 0 aliphatic carbocycles. The molecular weight excluding hydrogens is 300 g/mol. The molecule has 0 amide bonds. The number of pyridine rings is 1. The number of benzene rings is 1. The summed E-state index contributed by atoms with van der Waals surface area (Å²) in [5.74, 6) is 1.14. The number of phenols is 1.